The summed E-state index contributed by atoms with van der Waals surface area (Å²) in [5.74, 6) is 0. The van der Waals surface area contributed by atoms with Gasteiger partial charge in [0.15, 0.2) is 0 Å². The molecule has 5 nitrogen and oxygen atoms in total. The van der Waals surface area contributed by atoms with Crippen molar-refractivity contribution in [1.82, 2.24) is 14.7 Å². The predicted molar refractivity (Wildman–Crippen MR) is 89.5 cm³/mol. The lowest BCUT2D eigenvalue weighted by Gasteiger charge is -2.18. The summed E-state index contributed by atoms with van der Waals surface area (Å²) in [4.78, 5) is 13.6. The summed E-state index contributed by atoms with van der Waals surface area (Å²) < 4.78 is 39.9. The van der Waals surface area contributed by atoms with E-state index in [0.717, 1.165) is 29.1 Å². The zero-order chi connectivity index (χ0) is 18.8. The predicted octanol–water partition coefficient (Wildman–Crippen LogP) is 3.76. The number of benzene rings is 1. The Kier molecular flexibility index (Phi) is 5.39. The Labute approximate surface area is 144 Å². The maximum atomic E-state index is 12.7. The third-order valence-electron chi connectivity index (χ3n) is 4.14. The number of hydrogen-bond acceptors (Lipinski definition) is 2. The Morgan fingerprint density at radius 2 is 2.00 bits per heavy atom. The number of rotatable bonds is 4. The summed E-state index contributed by atoms with van der Waals surface area (Å²) in [5.41, 5.74) is 2.33. The van der Waals surface area contributed by atoms with Crippen LogP contribution in [0.25, 0.3) is 0 Å². The Hall–Kier alpha value is -2.51. The summed E-state index contributed by atoms with van der Waals surface area (Å²) in [6, 6.07) is 4.12. The van der Waals surface area contributed by atoms with E-state index in [9.17, 15) is 18.0 Å². The van der Waals surface area contributed by atoms with Crippen molar-refractivity contribution in [3.63, 3.8) is 0 Å². The van der Waals surface area contributed by atoms with Crippen molar-refractivity contribution in [2.24, 2.45) is 7.05 Å². The number of anilines is 1. The summed E-state index contributed by atoms with van der Waals surface area (Å²) in [7, 11) is 3.46. The highest BCUT2D eigenvalue weighted by molar-refractivity contribution is 5.89. The fourth-order valence-electron chi connectivity index (χ4n) is 2.55. The van der Waals surface area contributed by atoms with Gasteiger partial charge in [0.2, 0.25) is 0 Å². The molecule has 8 heteroatoms. The molecule has 2 rings (SSSR count). The van der Waals surface area contributed by atoms with E-state index in [1.807, 2.05) is 20.9 Å². The SMILES string of the molecule is Cc1nn(C)c(C)c1CCN(C)C(=O)Nc1cccc(C(F)(F)F)c1. The fraction of sp³-hybridized carbons (Fsp3) is 0.412. The molecule has 0 fully saturated rings. The van der Waals surface area contributed by atoms with Crippen LogP contribution in [0.4, 0.5) is 23.7 Å². The number of amides is 2. The van der Waals surface area contributed by atoms with Crippen LogP contribution in [0.5, 0.6) is 0 Å². The number of nitrogens with one attached hydrogen (secondary N) is 1. The minimum atomic E-state index is -4.44. The van der Waals surface area contributed by atoms with Gasteiger partial charge in [-0.3, -0.25) is 4.68 Å². The molecule has 136 valence electrons. The average Bonchev–Trinajstić information content (AvgIpc) is 2.77. The molecule has 2 aromatic rings. The van der Waals surface area contributed by atoms with E-state index in [1.54, 1.807) is 11.7 Å². The molecule has 0 saturated carbocycles. The molecule has 25 heavy (non-hydrogen) atoms. The Morgan fingerprint density at radius 1 is 1.32 bits per heavy atom. The lowest BCUT2D eigenvalue weighted by Crippen LogP contribution is -2.33. The number of carbonyl (C=O) groups is 1. The minimum absolute atomic E-state index is 0.111. The summed E-state index contributed by atoms with van der Waals surface area (Å²) in [5, 5.41) is 6.82. The van der Waals surface area contributed by atoms with Gasteiger partial charge in [-0.15, -0.1) is 0 Å². The maximum Gasteiger partial charge on any atom is 0.416 e. The lowest BCUT2D eigenvalue weighted by atomic mass is 10.1. The van der Waals surface area contributed by atoms with Crippen molar-refractivity contribution in [2.45, 2.75) is 26.4 Å². The second-order valence-corrected chi connectivity index (χ2v) is 5.95. The van der Waals surface area contributed by atoms with Gasteiger partial charge in [-0.2, -0.15) is 18.3 Å². The number of halogens is 3. The summed E-state index contributed by atoms with van der Waals surface area (Å²) in [6.45, 7) is 4.29. The van der Waals surface area contributed by atoms with E-state index in [2.05, 4.69) is 10.4 Å². The van der Waals surface area contributed by atoms with Gasteiger partial charge in [-0.1, -0.05) is 6.07 Å². The van der Waals surface area contributed by atoms with Gasteiger partial charge < -0.3 is 10.2 Å². The highest BCUT2D eigenvalue weighted by Crippen LogP contribution is 2.30. The number of hydrogen-bond donors (Lipinski definition) is 1. The fourth-order valence-corrected chi connectivity index (χ4v) is 2.55. The zero-order valence-corrected chi connectivity index (χ0v) is 14.6. The third-order valence-corrected chi connectivity index (χ3v) is 4.14. The van der Waals surface area contributed by atoms with Crippen LogP contribution in [0.3, 0.4) is 0 Å². The van der Waals surface area contributed by atoms with Crippen LogP contribution >= 0.6 is 0 Å². The molecule has 2 amide bonds. The van der Waals surface area contributed by atoms with E-state index in [1.165, 1.54) is 17.0 Å². The molecular weight excluding hydrogens is 333 g/mol. The number of aryl methyl sites for hydroxylation is 2. The molecule has 0 saturated heterocycles. The van der Waals surface area contributed by atoms with Crippen molar-refractivity contribution in [1.29, 1.82) is 0 Å². The van der Waals surface area contributed by atoms with Crippen molar-refractivity contribution >= 4 is 11.7 Å². The molecule has 1 N–H and O–H groups in total. The minimum Gasteiger partial charge on any atom is -0.327 e. The average molecular weight is 354 g/mol. The first-order valence-corrected chi connectivity index (χ1v) is 7.78. The van der Waals surface area contributed by atoms with Crippen LogP contribution in [0.2, 0.25) is 0 Å². The smallest absolute Gasteiger partial charge is 0.327 e. The van der Waals surface area contributed by atoms with E-state index >= 15 is 0 Å². The Balaban J connectivity index is 1.99. The monoisotopic (exact) mass is 354 g/mol. The largest absolute Gasteiger partial charge is 0.416 e. The number of carbonyl (C=O) groups excluding carboxylic acids is 1. The molecular formula is C17H21F3N4O. The van der Waals surface area contributed by atoms with Gasteiger partial charge in [0.25, 0.3) is 0 Å². The van der Waals surface area contributed by atoms with E-state index in [0.29, 0.717) is 13.0 Å². The molecule has 0 spiro atoms. The van der Waals surface area contributed by atoms with Crippen molar-refractivity contribution in [3.8, 4) is 0 Å². The van der Waals surface area contributed by atoms with Crippen LogP contribution in [-0.4, -0.2) is 34.3 Å². The normalized spacial score (nSPS) is 11.5. The maximum absolute atomic E-state index is 12.7. The van der Waals surface area contributed by atoms with Gasteiger partial charge in [-0.25, -0.2) is 4.79 Å². The first-order chi connectivity index (χ1) is 11.6. The second kappa shape index (κ2) is 7.16. The molecule has 1 aromatic heterocycles. The number of aromatic nitrogens is 2. The van der Waals surface area contributed by atoms with Gasteiger partial charge in [0, 0.05) is 32.0 Å². The molecule has 0 radical (unpaired) electrons. The molecule has 0 aliphatic carbocycles. The number of urea groups is 1. The van der Waals surface area contributed by atoms with Crippen molar-refractivity contribution in [2.75, 3.05) is 18.9 Å². The molecule has 0 aliphatic heterocycles. The van der Waals surface area contributed by atoms with E-state index in [4.69, 9.17) is 0 Å². The van der Waals surface area contributed by atoms with E-state index in [-0.39, 0.29) is 5.69 Å². The molecule has 0 aliphatic rings. The van der Waals surface area contributed by atoms with Gasteiger partial charge >= 0.3 is 12.2 Å². The first-order valence-electron chi connectivity index (χ1n) is 7.78. The standard InChI is InChI=1S/C17H21F3N4O/c1-11-15(12(2)24(4)22-11)8-9-23(3)16(25)21-14-7-5-6-13(10-14)17(18,19)20/h5-7,10H,8-9H2,1-4H3,(H,21,25). The Bertz CT molecular complexity index is 768. The van der Waals surface area contributed by atoms with Gasteiger partial charge in [-0.05, 0) is 44.0 Å². The molecule has 1 aromatic carbocycles. The summed E-state index contributed by atoms with van der Waals surface area (Å²) >= 11 is 0. The van der Waals surface area contributed by atoms with Crippen LogP contribution < -0.4 is 5.32 Å². The third kappa shape index (κ3) is 4.52. The Morgan fingerprint density at radius 3 is 2.56 bits per heavy atom. The van der Waals surface area contributed by atoms with Crippen LogP contribution in [0.15, 0.2) is 24.3 Å². The molecule has 0 unspecified atom stereocenters. The topological polar surface area (TPSA) is 50.2 Å². The van der Waals surface area contributed by atoms with Gasteiger partial charge in [0.1, 0.15) is 0 Å². The molecule has 0 bridgehead atoms. The molecule has 1 heterocycles. The quantitative estimate of drug-likeness (QED) is 0.909. The van der Waals surface area contributed by atoms with Crippen LogP contribution in [0.1, 0.15) is 22.5 Å². The van der Waals surface area contributed by atoms with E-state index < -0.39 is 17.8 Å². The molecule has 0 atom stereocenters. The van der Waals surface area contributed by atoms with Crippen LogP contribution in [0, 0.1) is 13.8 Å². The second-order valence-electron chi connectivity index (χ2n) is 5.95. The first kappa shape index (κ1) is 18.8. The number of alkyl halides is 3. The number of likely N-dealkylation sites (N-methyl/N-ethyl adjacent to an activating group) is 1. The highest BCUT2D eigenvalue weighted by atomic mass is 19.4. The van der Waals surface area contributed by atoms with Crippen molar-refractivity contribution < 1.29 is 18.0 Å². The summed E-state index contributed by atoms with van der Waals surface area (Å²) in [6.07, 6.45) is -3.82. The lowest BCUT2D eigenvalue weighted by molar-refractivity contribution is -0.137. The van der Waals surface area contributed by atoms with Crippen LogP contribution in [-0.2, 0) is 19.6 Å². The number of nitrogens with zero attached hydrogens (tertiary/aromatic N) is 3. The van der Waals surface area contributed by atoms with Gasteiger partial charge in [0.05, 0.1) is 11.3 Å². The van der Waals surface area contributed by atoms with Crippen molar-refractivity contribution in [3.05, 3.63) is 46.8 Å². The highest BCUT2D eigenvalue weighted by Gasteiger charge is 2.30. The zero-order valence-electron chi connectivity index (χ0n) is 14.6.